The van der Waals surface area contributed by atoms with Gasteiger partial charge in [-0.3, -0.25) is 0 Å². The van der Waals surface area contributed by atoms with E-state index in [1.165, 1.54) is 0 Å². The first-order valence-electron chi connectivity index (χ1n) is 10.1. The van der Waals surface area contributed by atoms with Crippen LogP contribution in [0.3, 0.4) is 0 Å². The topological polar surface area (TPSA) is 76.5 Å². The van der Waals surface area contributed by atoms with Gasteiger partial charge in [-0.2, -0.15) is 0 Å². The van der Waals surface area contributed by atoms with E-state index in [-0.39, 0.29) is 0 Å². The molecule has 29 heavy (non-hydrogen) atoms. The summed E-state index contributed by atoms with van der Waals surface area (Å²) in [5.74, 6) is 2.37. The van der Waals surface area contributed by atoms with E-state index in [0.29, 0.717) is 32.3 Å². The second-order valence-electron chi connectivity index (χ2n) is 7.27. The fraction of sp³-hybridized carbons (Fsp3) is 0.429. The molecular formula is C21H24N6O2. The fourth-order valence-electron chi connectivity index (χ4n) is 3.90. The number of morpholine rings is 2. The molecule has 5 rings (SSSR count). The molecule has 2 aliphatic heterocycles. The number of nitrogens with zero attached hydrogens (tertiary/aromatic N) is 6. The Kier molecular flexibility index (Phi) is 4.95. The molecule has 3 aromatic rings. The van der Waals surface area contributed by atoms with Crippen LogP contribution in [0.15, 0.2) is 30.3 Å². The van der Waals surface area contributed by atoms with Crippen LogP contribution in [0.2, 0.25) is 0 Å². The number of hydrogen-bond acceptors (Lipinski definition) is 8. The molecule has 8 heteroatoms. The van der Waals surface area contributed by atoms with Crippen molar-refractivity contribution in [2.45, 2.75) is 6.92 Å². The molecule has 0 radical (unpaired) electrons. The lowest BCUT2D eigenvalue weighted by molar-refractivity contribution is 0.122. The minimum atomic E-state index is 0.685. The maximum Gasteiger partial charge on any atom is 0.178 e. The van der Waals surface area contributed by atoms with Gasteiger partial charge in [-0.05, 0) is 6.92 Å². The van der Waals surface area contributed by atoms with E-state index < -0.39 is 0 Å². The number of rotatable bonds is 3. The predicted octanol–water partition coefficient (Wildman–Crippen LogP) is 2.07. The Labute approximate surface area is 169 Å². The molecule has 4 heterocycles. The summed E-state index contributed by atoms with van der Waals surface area (Å²) in [7, 11) is 0. The maximum atomic E-state index is 5.52. The van der Waals surface area contributed by atoms with Crippen molar-refractivity contribution in [1.29, 1.82) is 0 Å². The Bertz CT molecular complexity index is 1000. The van der Waals surface area contributed by atoms with Crippen LogP contribution in [0.5, 0.6) is 0 Å². The van der Waals surface area contributed by atoms with Gasteiger partial charge in [-0.15, -0.1) is 10.2 Å². The van der Waals surface area contributed by atoms with Crippen molar-refractivity contribution in [1.82, 2.24) is 20.2 Å². The molecular weight excluding hydrogens is 368 g/mol. The molecule has 0 amide bonds. The Hall–Kier alpha value is -2.84. The zero-order valence-electron chi connectivity index (χ0n) is 16.5. The zero-order chi connectivity index (χ0) is 19.6. The summed E-state index contributed by atoms with van der Waals surface area (Å²) < 4.78 is 11.0. The lowest BCUT2D eigenvalue weighted by atomic mass is 10.1. The number of anilines is 2. The van der Waals surface area contributed by atoms with Crippen LogP contribution in [-0.4, -0.2) is 72.8 Å². The van der Waals surface area contributed by atoms with Crippen molar-refractivity contribution in [3.8, 4) is 11.4 Å². The highest BCUT2D eigenvalue weighted by Gasteiger charge is 2.25. The second kappa shape index (κ2) is 7.88. The molecule has 2 aromatic heterocycles. The molecule has 0 N–H and O–H groups in total. The first kappa shape index (κ1) is 18.2. The van der Waals surface area contributed by atoms with Crippen molar-refractivity contribution in [2.75, 3.05) is 62.4 Å². The van der Waals surface area contributed by atoms with E-state index in [2.05, 4.69) is 20.0 Å². The number of aromatic nitrogens is 4. The Balaban J connectivity index is 1.70. The molecule has 0 bridgehead atoms. The van der Waals surface area contributed by atoms with E-state index >= 15 is 0 Å². The standard InChI is InChI=1S/C21H24N6O2/c1-15-17-18(23-19(22-15)16-5-3-2-4-6-16)21(27-9-13-29-14-10-27)25-24-20(17)26-7-11-28-12-8-26/h2-6H,7-14H2,1H3. The quantitative estimate of drug-likeness (QED) is 0.671. The molecule has 2 saturated heterocycles. The third-order valence-electron chi connectivity index (χ3n) is 5.42. The van der Waals surface area contributed by atoms with Crippen molar-refractivity contribution in [3.63, 3.8) is 0 Å². The molecule has 0 atom stereocenters. The van der Waals surface area contributed by atoms with E-state index in [0.717, 1.165) is 60.0 Å². The Morgan fingerprint density at radius 2 is 1.34 bits per heavy atom. The van der Waals surface area contributed by atoms with Gasteiger partial charge in [0.1, 0.15) is 5.52 Å². The third-order valence-corrected chi connectivity index (χ3v) is 5.42. The average molecular weight is 392 g/mol. The van der Waals surface area contributed by atoms with Gasteiger partial charge in [0.25, 0.3) is 0 Å². The smallest absolute Gasteiger partial charge is 0.178 e. The summed E-state index contributed by atoms with van der Waals surface area (Å²) >= 11 is 0. The Morgan fingerprint density at radius 1 is 0.759 bits per heavy atom. The van der Waals surface area contributed by atoms with Gasteiger partial charge in [0.15, 0.2) is 17.5 Å². The van der Waals surface area contributed by atoms with Gasteiger partial charge >= 0.3 is 0 Å². The summed E-state index contributed by atoms with van der Waals surface area (Å²) in [5, 5.41) is 10.2. The number of hydrogen-bond donors (Lipinski definition) is 0. The van der Waals surface area contributed by atoms with E-state index in [4.69, 9.17) is 19.4 Å². The Morgan fingerprint density at radius 3 is 2.00 bits per heavy atom. The molecule has 2 aliphatic rings. The van der Waals surface area contributed by atoms with Crippen molar-refractivity contribution in [3.05, 3.63) is 36.0 Å². The maximum absolute atomic E-state index is 5.52. The summed E-state index contributed by atoms with van der Waals surface area (Å²) in [6.45, 7) is 7.93. The number of benzene rings is 1. The first-order chi connectivity index (χ1) is 14.3. The van der Waals surface area contributed by atoms with E-state index in [9.17, 15) is 0 Å². The lowest BCUT2D eigenvalue weighted by Gasteiger charge is -2.31. The average Bonchev–Trinajstić information content (AvgIpc) is 2.80. The highest BCUT2D eigenvalue weighted by Crippen LogP contribution is 2.33. The van der Waals surface area contributed by atoms with Gasteiger partial charge in [0.05, 0.1) is 37.5 Å². The molecule has 8 nitrogen and oxygen atoms in total. The minimum absolute atomic E-state index is 0.685. The van der Waals surface area contributed by atoms with Gasteiger partial charge in [-0.1, -0.05) is 30.3 Å². The van der Waals surface area contributed by atoms with E-state index in [1.54, 1.807) is 0 Å². The van der Waals surface area contributed by atoms with E-state index in [1.807, 2.05) is 37.3 Å². The van der Waals surface area contributed by atoms with Crippen molar-refractivity contribution < 1.29 is 9.47 Å². The molecule has 1 aromatic carbocycles. The monoisotopic (exact) mass is 392 g/mol. The number of fused-ring (bicyclic) bond motifs is 1. The lowest BCUT2D eigenvalue weighted by Crippen LogP contribution is -2.39. The SMILES string of the molecule is Cc1nc(-c2ccccc2)nc2c(N3CCOCC3)nnc(N3CCOCC3)c12. The summed E-state index contributed by atoms with van der Waals surface area (Å²) in [5.41, 5.74) is 2.77. The number of aryl methyl sites for hydroxylation is 1. The highest BCUT2D eigenvalue weighted by atomic mass is 16.5. The largest absolute Gasteiger partial charge is 0.378 e. The normalized spacial score (nSPS) is 17.7. The fourth-order valence-corrected chi connectivity index (χ4v) is 3.90. The highest BCUT2D eigenvalue weighted by molar-refractivity contribution is 5.98. The van der Waals surface area contributed by atoms with Crippen molar-refractivity contribution in [2.24, 2.45) is 0 Å². The summed E-state index contributed by atoms with van der Waals surface area (Å²) in [6, 6.07) is 10.1. The summed E-state index contributed by atoms with van der Waals surface area (Å²) in [4.78, 5) is 14.3. The summed E-state index contributed by atoms with van der Waals surface area (Å²) in [6.07, 6.45) is 0. The van der Waals surface area contributed by atoms with Crippen LogP contribution in [-0.2, 0) is 9.47 Å². The third kappa shape index (κ3) is 3.49. The first-order valence-corrected chi connectivity index (χ1v) is 10.1. The van der Waals surface area contributed by atoms with Crippen LogP contribution >= 0.6 is 0 Å². The van der Waals surface area contributed by atoms with Gasteiger partial charge in [-0.25, -0.2) is 9.97 Å². The minimum Gasteiger partial charge on any atom is -0.378 e. The van der Waals surface area contributed by atoms with Crippen LogP contribution in [0.4, 0.5) is 11.6 Å². The van der Waals surface area contributed by atoms with Crippen LogP contribution in [0.25, 0.3) is 22.3 Å². The van der Waals surface area contributed by atoms with Crippen LogP contribution in [0.1, 0.15) is 5.69 Å². The van der Waals surface area contributed by atoms with Crippen molar-refractivity contribution >= 4 is 22.5 Å². The molecule has 0 spiro atoms. The molecule has 0 aliphatic carbocycles. The number of ether oxygens (including phenoxy) is 2. The molecule has 150 valence electrons. The zero-order valence-corrected chi connectivity index (χ0v) is 16.5. The predicted molar refractivity (Wildman–Crippen MR) is 111 cm³/mol. The van der Waals surface area contributed by atoms with Gasteiger partial charge in [0, 0.05) is 31.7 Å². The van der Waals surface area contributed by atoms with Crippen LogP contribution < -0.4 is 9.80 Å². The second-order valence-corrected chi connectivity index (χ2v) is 7.27. The van der Waals surface area contributed by atoms with Gasteiger partial charge < -0.3 is 19.3 Å². The van der Waals surface area contributed by atoms with Crippen LogP contribution in [0, 0.1) is 6.92 Å². The van der Waals surface area contributed by atoms with Gasteiger partial charge in [0.2, 0.25) is 0 Å². The molecule has 2 fully saturated rings. The molecule has 0 unspecified atom stereocenters. The molecule has 0 saturated carbocycles.